The van der Waals surface area contributed by atoms with Crippen molar-refractivity contribution in [2.75, 3.05) is 0 Å². The molecule has 0 aliphatic rings. The molecule has 12 heavy (non-hydrogen) atoms. The zero-order valence-electron chi connectivity index (χ0n) is 6.68. The summed E-state index contributed by atoms with van der Waals surface area (Å²) in [5.74, 6) is 0. The summed E-state index contributed by atoms with van der Waals surface area (Å²) >= 11 is -3.79. The predicted molar refractivity (Wildman–Crippen MR) is 49.7 cm³/mol. The van der Waals surface area contributed by atoms with Crippen molar-refractivity contribution in [3.63, 3.8) is 0 Å². The molecule has 0 radical (unpaired) electrons. The van der Waals surface area contributed by atoms with Crippen molar-refractivity contribution in [1.82, 2.24) is 0 Å². The summed E-state index contributed by atoms with van der Waals surface area (Å²) in [5.41, 5.74) is 0. The van der Waals surface area contributed by atoms with Gasteiger partial charge in [0, 0.05) is 0 Å². The summed E-state index contributed by atoms with van der Waals surface area (Å²) < 4.78 is 21.6. The Morgan fingerprint density at radius 2 is 2.00 bits per heavy atom. The van der Waals surface area contributed by atoms with Crippen molar-refractivity contribution >= 4 is 18.2 Å². The minimum atomic E-state index is -3.79. The van der Waals surface area contributed by atoms with Crippen molar-refractivity contribution in [3.8, 4) is 0 Å². The van der Waals surface area contributed by atoms with Gasteiger partial charge in [0.15, 0.2) is 0 Å². The minimum absolute atomic E-state index is 0.197. The van der Waals surface area contributed by atoms with Gasteiger partial charge in [0.1, 0.15) is 0 Å². The van der Waals surface area contributed by atoms with Crippen LogP contribution < -0.4 is 4.35 Å². The SMILES string of the molecule is C=CC[As](=O)(O)c1ccccc1. The third kappa shape index (κ3) is 2.13. The Kier molecular flexibility index (Phi) is 2.96. The van der Waals surface area contributed by atoms with Crippen LogP contribution in [0.15, 0.2) is 43.0 Å². The van der Waals surface area contributed by atoms with Crippen molar-refractivity contribution < 1.29 is 7.84 Å². The zero-order valence-corrected chi connectivity index (χ0v) is 8.56. The van der Waals surface area contributed by atoms with Gasteiger partial charge < -0.3 is 0 Å². The topological polar surface area (TPSA) is 37.3 Å². The molecule has 1 N–H and O–H groups in total. The molecule has 0 saturated heterocycles. The second kappa shape index (κ2) is 3.79. The van der Waals surface area contributed by atoms with Gasteiger partial charge in [-0.25, -0.2) is 0 Å². The van der Waals surface area contributed by atoms with Crippen LogP contribution in [0.3, 0.4) is 0 Å². The molecule has 1 atom stereocenters. The van der Waals surface area contributed by atoms with Crippen LogP contribution in [0, 0.1) is 0 Å². The number of hydrogen-bond acceptors (Lipinski definition) is 1. The Morgan fingerprint density at radius 1 is 1.42 bits per heavy atom. The van der Waals surface area contributed by atoms with E-state index in [1.165, 1.54) is 6.08 Å². The third-order valence-electron chi connectivity index (χ3n) is 1.54. The molecular weight excluding hydrogens is 215 g/mol. The van der Waals surface area contributed by atoms with Gasteiger partial charge in [0.25, 0.3) is 0 Å². The summed E-state index contributed by atoms with van der Waals surface area (Å²) in [4.78, 5) is 0. The molecule has 0 aliphatic heterocycles. The van der Waals surface area contributed by atoms with Crippen LogP contribution in [-0.2, 0) is 3.74 Å². The Bertz CT molecular complexity index is 306. The Labute approximate surface area is 74.6 Å². The first-order chi connectivity index (χ1) is 5.67. The first kappa shape index (κ1) is 9.37. The van der Waals surface area contributed by atoms with E-state index in [9.17, 15) is 7.84 Å². The Hall–Kier alpha value is -0.722. The van der Waals surface area contributed by atoms with Crippen LogP contribution in [0.1, 0.15) is 0 Å². The fraction of sp³-hybridized carbons (Fsp3) is 0.111. The average molecular weight is 226 g/mol. The summed E-state index contributed by atoms with van der Waals surface area (Å²) in [6.45, 7) is 3.45. The molecule has 0 spiro atoms. The summed E-state index contributed by atoms with van der Waals surface area (Å²) in [7, 11) is 0. The fourth-order valence-electron chi connectivity index (χ4n) is 0.941. The molecule has 1 aromatic rings. The van der Waals surface area contributed by atoms with Crippen LogP contribution >= 0.6 is 0 Å². The molecule has 0 amide bonds. The van der Waals surface area contributed by atoms with Crippen LogP contribution in [0.5, 0.6) is 0 Å². The Morgan fingerprint density at radius 3 is 2.50 bits per heavy atom. The summed E-state index contributed by atoms with van der Waals surface area (Å²) in [6, 6.07) is 8.73. The van der Waals surface area contributed by atoms with Gasteiger partial charge in [-0.15, -0.1) is 0 Å². The van der Waals surface area contributed by atoms with Crippen molar-refractivity contribution in [2.45, 2.75) is 5.21 Å². The van der Waals surface area contributed by atoms with E-state index in [2.05, 4.69) is 6.58 Å². The number of rotatable bonds is 3. The molecule has 2 nitrogen and oxygen atoms in total. The van der Waals surface area contributed by atoms with E-state index in [1.54, 1.807) is 24.3 Å². The van der Waals surface area contributed by atoms with Crippen LogP contribution in [0.4, 0.5) is 0 Å². The molecule has 1 rings (SSSR count). The molecule has 64 valence electrons. The standard InChI is InChI=1S/C9H11AsO2/c1-2-8-10(11,12)9-6-4-3-5-7-9/h2-7H,1,8H2,(H,11,12). The van der Waals surface area contributed by atoms with Crippen LogP contribution in [0.25, 0.3) is 0 Å². The van der Waals surface area contributed by atoms with E-state index in [-0.39, 0.29) is 5.21 Å². The van der Waals surface area contributed by atoms with Gasteiger partial charge >= 0.3 is 74.2 Å². The summed E-state index contributed by atoms with van der Waals surface area (Å²) in [6.07, 6.45) is 1.49. The van der Waals surface area contributed by atoms with Gasteiger partial charge in [0.2, 0.25) is 0 Å². The van der Waals surface area contributed by atoms with Gasteiger partial charge in [0.05, 0.1) is 0 Å². The molecule has 3 heteroatoms. The van der Waals surface area contributed by atoms with E-state index in [0.29, 0.717) is 4.35 Å². The maximum atomic E-state index is 11.6. The average Bonchev–Trinajstić information content (AvgIpc) is 2.06. The van der Waals surface area contributed by atoms with E-state index in [1.807, 2.05) is 6.07 Å². The first-order valence-electron chi connectivity index (χ1n) is 3.65. The van der Waals surface area contributed by atoms with E-state index >= 15 is 0 Å². The van der Waals surface area contributed by atoms with E-state index in [0.717, 1.165) is 0 Å². The van der Waals surface area contributed by atoms with Gasteiger partial charge in [-0.3, -0.25) is 0 Å². The fourth-order valence-corrected chi connectivity index (χ4v) is 3.46. The van der Waals surface area contributed by atoms with Gasteiger partial charge in [-0.1, -0.05) is 0 Å². The van der Waals surface area contributed by atoms with Crippen molar-refractivity contribution in [3.05, 3.63) is 43.0 Å². The van der Waals surface area contributed by atoms with E-state index < -0.39 is 13.8 Å². The maximum absolute atomic E-state index is 11.6. The number of benzene rings is 1. The molecular formula is C9H11AsO2. The Balaban J connectivity index is 2.98. The quantitative estimate of drug-likeness (QED) is 0.615. The van der Waals surface area contributed by atoms with E-state index in [4.69, 9.17) is 0 Å². The molecule has 1 aromatic carbocycles. The monoisotopic (exact) mass is 226 g/mol. The number of hydrogen-bond donors (Lipinski definition) is 1. The molecule has 0 saturated carbocycles. The molecule has 0 fully saturated rings. The number of allylic oxidation sites excluding steroid dienone is 1. The zero-order chi connectivity index (χ0) is 9.03. The van der Waals surface area contributed by atoms with Crippen LogP contribution in [0.2, 0.25) is 5.21 Å². The van der Waals surface area contributed by atoms with Crippen molar-refractivity contribution in [1.29, 1.82) is 0 Å². The van der Waals surface area contributed by atoms with Crippen molar-refractivity contribution in [2.24, 2.45) is 0 Å². The normalized spacial score (nSPS) is 15.1. The first-order valence-corrected chi connectivity index (χ1v) is 7.52. The summed E-state index contributed by atoms with van der Waals surface area (Å²) in [5, 5.41) is 0.197. The third-order valence-corrected chi connectivity index (χ3v) is 5.43. The molecule has 1 unspecified atom stereocenters. The van der Waals surface area contributed by atoms with Gasteiger partial charge in [-0.2, -0.15) is 0 Å². The molecule has 0 heterocycles. The molecule has 0 bridgehead atoms. The second-order valence-corrected chi connectivity index (χ2v) is 7.30. The molecule has 0 aliphatic carbocycles. The van der Waals surface area contributed by atoms with Crippen LogP contribution in [-0.4, -0.2) is 17.9 Å². The van der Waals surface area contributed by atoms with Gasteiger partial charge in [-0.05, 0) is 0 Å². The molecule has 0 aromatic heterocycles. The second-order valence-electron chi connectivity index (χ2n) is 2.51. The predicted octanol–water partition coefficient (Wildman–Crippen LogP) is 0.945.